The standard InChI is InChI=1S/C25H32N2O.C24H30N2O.C22H28N2O.C21H26N2O/c1-16-9-11-19-20-12-10-17(2)26-23(20)28-22(19)21(16)27-18(3)25(15-24(27,4)5)13-7-6-8-14-25;1-16-10-11-18-19-9-8-14-25-22(19)27-21(18)20(16)26-17(2)24(15-23(26,3)4)12-6-5-7-13-24;1-13-8-10-16-17-11-9-14(2)23-20(17)25-19(16)18(13)24-15(3)21(4,5)12-22(24,6)7;1-13-9-10-15-16-8-7-11-22-19(16)24-18(15)17(13)23-14(2)20(3,4)12-21(23,5)6/h9-12,18H,6-8,13-15H2,1-5H3;8-11,14,17H,5-7,12-13,15H2,1-4H3;8-11,15H,12H2,1-7H3;7-11,14H,12H2,1-6H3. The van der Waals surface area contributed by atoms with Crippen LogP contribution in [0.1, 0.15) is 234 Å². The maximum atomic E-state index is 6.42. The van der Waals surface area contributed by atoms with Crippen molar-refractivity contribution >= 4 is 111 Å². The number of furan rings is 4. The second-order valence-electron chi connectivity index (χ2n) is 37.1. The number of aryl methyl sites for hydroxylation is 6. The molecule has 4 unspecified atom stereocenters. The fourth-order valence-corrected chi connectivity index (χ4v) is 22.4. The Labute approximate surface area is 618 Å². The molecular formula is C92H116N8O4. The summed E-state index contributed by atoms with van der Waals surface area (Å²) in [4.78, 5) is 28.7. The van der Waals surface area contributed by atoms with Crippen LogP contribution in [-0.2, 0) is 0 Å². The first kappa shape index (κ1) is 71.5. The highest BCUT2D eigenvalue weighted by Crippen LogP contribution is 2.60. The Bertz CT molecular complexity index is 5290. The third-order valence-electron chi connectivity index (χ3n) is 27.0. The lowest BCUT2D eigenvalue weighted by Crippen LogP contribution is -2.44. The smallest absolute Gasteiger partial charge is 0.227 e. The molecule has 0 amide bonds. The minimum absolute atomic E-state index is 0.0876. The predicted molar refractivity (Wildman–Crippen MR) is 436 cm³/mol. The zero-order chi connectivity index (χ0) is 73.9. The number of hydrogen-bond donors (Lipinski definition) is 0. The van der Waals surface area contributed by atoms with E-state index in [0.717, 1.165) is 102 Å². The van der Waals surface area contributed by atoms with Crippen molar-refractivity contribution in [2.75, 3.05) is 19.6 Å². The Morgan fingerprint density at radius 1 is 0.308 bits per heavy atom. The molecule has 0 bridgehead atoms. The number of benzene rings is 4. The molecule has 12 heterocycles. The van der Waals surface area contributed by atoms with E-state index in [1.165, 1.54) is 133 Å². The van der Waals surface area contributed by atoms with Crippen molar-refractivity contribution in [3.05, 3.63) is 143 Å². The average molecular weight is 1400 g/mol. The van der Waals surface area contributed by atoms with E-state index in [1.807, 2.05) is 32.2 Å². The molecule has 12 nitrogen and oxygen atoms in total. The fraction of sp³-hybridized carbons (Fsp3) is 0.522. The lowest BCUT2D eigenvalue weighted by atomic mass is 9.68. The molecule has 0 radical (unpaired) electrons. The van der Waals surface area contributed by atoms with Crippen molar-refractivity contribution in [1.29, 1.82) is 0 Å². The summed E-state index contributed by atoms with van der Waals surface area (Å²) in [6, 6.07) is 36.3. The van der Waals surface area contributed by atoms with Gasteiger partial charge in [-0.25, -0.2) is 19.9 Å². The summed E-state index contributed by atoms with van der Waals surface area (Å²) in [6.45, 7) is 51.0. The van der Waals surface area contributed by atoms with Gasteiger partial charge in [-0.05, 0) is 268 Å². The van der Waals surface area contributed by atoms with E-state index in [9.17, 15) is 0 Å². The van der Waals surface area contributed by atoms with Crippen LogP contribution in [-0.4, -0.2) is 66.3 Å². The maximum absolute atomic E-state index is 6.42. The first-order valence-corrected chi connectivity index (χ1v) is 39.4. The van der Waals surface area contributed by atoms with Gasteiger partial charge in [-0.15, -0.1) is 0 Å². The molecule has 4 atom stereocenters. The SMILES string of the molecule is Cc1ccc2c(n1)oc1c(N3C(C)C(C)(C)CC3(C)C)c(C)ccc12.Cc1ccc2c(n1)oc1c(N3C(C)C4(CCCCC4)CC3(C)C)c(C)ccc12.Cc1ccc2c(oc3ncccc32)c1N1C(C)C(C)(C)CC1(C)C.Cc1ccc2c(oc3ncccc32)c1N1C(C)C2(CCCCC2)CC1(C)C. The Morgan fingerprint density at radius 3 is 0.875 bits per heavy atom. The van der Waals surface area contributed by atoms with Gasteiger partial charge in [0.1, 0.15) is 0 Å². The number of anilines is 4. The molecule has 12 heteroatoms. The van der Waals surface area contributed by atoms with Crippen molar-refractivity contribution in [2.45, 2.75) is 289 Å². The number of hydrogen-bond acceptors (Lipinski definition) is 12. The number of nitrogens with zero attached hydrogens (tertiary/aromatic N) is 8. The zero-order valence-corrected chi connectivity index (χ0v) is 66.8. The molecule has 0 N–H and O–H groups in total. The molecule has 548 valence electrons. The fourth-order valence-electron chi connectivity index (χ4n) is 22.4. The Kier molecular flexibility index (Phi) is 17.4. The van der Waals surface area contributed by atoms with Crippen LogP contribution in [0, 0.1) is 63.2 Å². The van der Waals surface area contributed by atoms with E-state index in [4.69, 9.17) is 17.7 Å². The molecule has 8 aromatic heterocycles. The van der Waals surface area contributed by atoms with Crippen LogP contribution in [0.4, 0.5) is 22.7 Å². The van der Waals surface area contributed by atoms with Gasteiger partial charge in [-0.2, -0.15) is 0 Å². The van der Waals surface area contributed by atoms with Crippen LogP contribution in [0.5, 0.6) is 0 Å². The van der Waals surface area contributed by atoms with Gasteiger partial charge in [0.05, 0.1) is 22.7 Å². The van der Waals surface area contributed by atoms with Crippen LogP contribution in [0.25, 0.3) is 88.3 Å². The molecule has 6 fully saturated rings. The number of rotatable bonds is 4. The summed E-state index contributed by atoms with van der Waals surface area (Å²) in [5.74, 6) is 0. The van der Waals surface area contributed by atoms with Gasteiger partial charge >= 0.3 is 0 Å². The minimum Gasteiger partial charge on any atom is -0.436 e. The van der Waals surface area contributed by atoms with E-state index in [1.54, 1.807) is 6.20 Å². The zero-order valence-electron chi connectivity index (χ0n) is 66.8. The summed E-state index contributed by atoms with van der Waals surface area (Å²) >= 11 is 0. The lowest BCUT2D eigenvalue weighted by molar-refractivity contribution is 0.170. The first-order chi connectivity index (χ1) is 49.1. The van der Waals surface area contributed by atoms with E-state index in [0.29, 0.717) is 35.0 Å². The molecule has 104 heavy (non-hydrogen) atoms. The van der Waals surface area contributed by atoms with Crippen LogP contribution in [0.2, 0.25) is 0 Å². The van der Waals surface area contributed by atoms with Crippen molar-refractivity contribution in [2.24, 2.45) is 21.7 Å². The Hall–Kier alpha value is -8.12. The highest BCUT2D eigenvalue weighted by atomic mass is 16.4. The van der Waals surface area contributed by atoms with Gasteiger partial charge in [0, 0.05) is 113 Å². The minimum atomic E-state index is 0.0876. The van der Waals surface area contributed by atoms with Gasteiger partial charge in [0.25, 0.3) is 0 Å². The van der Waals surface area contributed by atoms with Gasteiger partial charge in [0.15, 0.2) is 22.3 Å². The molecule has 18 rings (SSSR count). The quantitative estimate of drug-likeness (QED) is 0.167. The third-order valence-corrected chi connectivity index (χ3v) is 27.0. The average Bonchev–Trinajstić information content (AvgIpc) is 1.57. The van der Waals surface area contributed by atoms with Gasteiger partial charge < -0.3 is 37.3 Å². The second-order valence-corrected chi connectivity index (χ2v) is 37.1. The molecule has 2 saturated carbocycles. The largest absolute Gasteiger partial charge is 0.436 e. The van der Waals surface area contributed by atoms with Crippen LogP contribution in [0.3, 0.4) is 0 Å². The second kappa shape index (κ2) is 25.3. The van der Waals surface area contributed by atoms with Crippen LogP contribution in [0.15, 0.2) is 127 Å². The topological polar surface area (TPSA) is 117 Å². The van der Waals surface area contributed by atoms with Gasteiger partial charge in [0.2, 0.25) is 22.9 Å². The predicted octanol–water partition coefficient (Wildman–Crippen LogP) is 25.2. The van der Waals surface area contributed by atoms with Crippen molar-refractivity contribution in [3.63, 3.8) is 0 Å². The Morgan fingerprint density at radius 2 is 0.577 bits per heavy atom. The molecular weight excluding hydrogens is 1280 g/mol. The van der Waals surface area contributed by atoms with Crippen LogP contribution < -0.4 is 19.6 Å². The van der Waals surface area contributed by atoms with E-state index >= 15 is 0 Å². The van der Waals surface area contributed by atoms with E-state index in [-0.39, 0.29) is 33.0 Å². The number of fused-ring (bicyclic) bond motifs is 12. The summed E-state index contributed by atoms with van der Waals surface area (Å²) in [7, 11) is 0. The maximum Gasteiger partial charge on any atom is 0.227 e. The van der Waals surface area contributed by atoms with Gasteiger partial charge in [-0.1, -0.05) is 115 Å². The van der Waals surface area contributed by atoms with E-state index in [2.05, 4.69) is 263 Å². The van der Waals surface area contributed by atoms with Crippen molar-refractivity contribution < 1.29 is 17.7 Å². The molecule has 4 aliphatic heterocycles. The van der Waals surface area contributed by atoms with Crippen molar-refractivity contribution in [1.82, 2.24) is 19.9 Å². The highest BCUT2D eigenvalue weighted by Gasteiger charge is 2.57. The molecule has 4 saturated heterocycles. The molecule has 6 aliphatic rings. The number of aromatic nitrogens is 4. The first-order valence-electron chi connectivity index (χ1n) is 39.4. The van der Waals surface area contributed by atoms with Crippen LogP contribution >= 0.6 is 0 Å². The summed E-state index contributed by atoms with van der Waals surface area (Å²) in [5.41, 5.74) is 20.9. The summed E-state index contributed by atoms with van der Waals surface area (Å²) < 4.78 is 25.3. The summed E-state index contributed by atoms with van der Waals surface area (Å²) in [6.07, 6.45) is 22.3. The molecule has 4 aromatic carbocycles. The number of pyridine rings is 4. The monoisotopic (exact) mass is 1400 g/mol. The molecule has 12 aromatic rings. The highest BCUT2D eigenvalue weighted by molar-refractivity contribution is 6.12. The summed E-state index contributed by atoms with van der Waals surface area (Å²) in [5, 5.41) is 9.14. The molecule has 2 spiro atoms. The Balaban J connectivity index is 0.000000112. The lowest BCUT2D eigenvalue weighted by Gasteiger charge is -2.41. The van der Waals surface area contributed by atoms with Gasteiger partial charge in [-0.3, -0.25) is 0 Å². The van der Waals surface area contributed by atoms with Crippen molar-refractivity contribution in [3.8, 4) is 0 Å². The normalized spacial score (nSPS) is 23.3. The third kappa shape index (κ3) is 11.6. The van der Waals surface area contributed by atoms with E-state index < -0.39 is 0 Å². The molecule has 2 aliphatic carbocycles.